The van der Waals surface area contributed by atoms with Gasteiger partial charge in [0, 0.05) is 17.4 Å². The minimum Gasteiger partial charge on any atom is -0.398 e. The van der Waals surface area contributed by atoms with Crippen molar-refractivity contribution >= 4 is 17.3 Å². The van der Waals surface area contributed by atoms with Crippen molar-refractivity contribution in [3.63, 3.8) is 0 Å². The first kappa shape index (κ1) is 11.8. The van der Waals surface area contributed by atoms with Crippen molar-refractivity contribution in [1.82, 2.24) is 10.2 Å². The molecule has 1 amide bonds. The number of aromatic amines is 1. The Hall–Kier alpha value is -2.63. The fraction of sp³-hybridized carbons (Fsp3) is 0.0833. The molecular weight excluding hydrogens is 232 g/mol. The summed E-state index contributed by atoms with van der Waals surface area (Å²) in [7, 11) is 0. The van der Waals surface area contributed by atoms with Gasteiger partial charge in [0.15, 0.2) is 0 Å². The number of nitrogens with zero attached hydrogens (tertiary/aromatic N) is 1. The third kappa shape index (κ3) is 2.37. The summed E-state index contributed by atoms with van der Waals surface area (Å²) in [5.74, 6) is -0.403. The Morgan fingerprint density at radius 1 is 1.33 bits per heavy atom. The summed E-state index contributed by atoms with van der Waals surface area (Å²) in [6.45, 7) is 1.81. The molecule has 4 N–H and O–H groups in total. The van der Waals surface area contributed by atoms with Crippen molar-refractivity contribution in [2.24, 2.45) is 0 Å². The van der Waals surface area contributed by atoms with Gasteiger partial charge in [-0.3, -0.25) is 9.59 Å². The van der Waals surface area contributed by atoms with Gasteiger partial charge in [-0.2, -0.15) is 5.10 Å². The van der Waals surface area contributed by atoms with Crippen molar-refractivity contribution in [3.05, 3.63) is 51.9 Å². The average Bonchev–Trinajstić information content (AvgIpc) is 2.36. The maximum Gasteiger partial charge on any atom is 0.276 e. The van der Waals surface area contributed by atoms with Gasteiger partial charge >= 0.3 is 0 Å². The predicted molar refractivity (Wildman–Crippen MR) is 68.4 cm³/mol. The lowest BCUT2D eigenvalue weighted by atomic mass is 10.1. The molecule has 92 valence electrons. The normalized spacial score (nSPS) is 10.1. The number of H-pyrrole nitrogens is 1. The Balaban J connectivity index is 2.24. The van der Waals surface area contributed by atoms with Gasteiger partial charge in [-0.25, -0.2) is 5.10 Å². The number of nitrogens with two attached hydrogens (primary N) is 1. The first-order chi connectivity index (χ1) is 8.58. The van der Waals surface area contributed by atoms with Crippen LogP contribution in [0.1, 0.15) is 16.1 Å². The SMILES string of the molecule is Cc1c(N)cccc1NC(=O)c1ccc(=O)[nH]n1. The van der Waals surface area contributed by atoms with E-state index >= 15 is 0 Å². The summed E-state index contributed by atoms with van der Waals surface area (Å²) < 4.78 is 0. The molecule has 0 fully saturated rings. The van der Waals surface area contributed by atoms with Crippen LogP contribution in [0.25, 0.3) is 0 Å². The van der Waals surface area contributed by atoms with Crippen molar-refractivity contribution in [2.75, 3.05) is 11.1 Å². The van der Waals surface area contributed by atoms with Crippen LogP contribution in [-0.2, 0) is 0 Å². The number of hydrogen-bond donors (Lipinski definition) is 3. The molecule has 1 aromatic heterocycles. The number of aromatic nitrogens is 2. The maximum atomic E-state index is 11.9. The topological polar surface area (TPSA) is 101 Å². The van der Waals surface area contributed by atoms with Crippen molar-refractivity contribution in [1.29, 1.82) is 0 Å². The van der Waals surface area contributed by atoms with Crippen LogP contribution in [0, 0.1) is 6.92 Å². The molecule has 6 nitrogen and oxygen atoms in total. The molecule has 0 radical (unpaired) electrons. The Bertz CT molecular complexity index is 628. The largest absolute Gasteiger partial charge is 0.398 e. The number of nitrogen functional groups attached to an aromatic ring is 1. The summed E-state index contributed by atoms with van der Waals surface area (Å²) in [5, 5.41) is 8.53. The van der Waals surface area contributed by atoms with Gasteiger partial charge in [0.1, 0.15) is 5.69 Å². The second-order valence-corrected chi connectivity index (χ2v) is 3.78. The van der Waals surface area contributed by atoms with Crippen LogP contribution in [0.3, 0.4) is 0 Å². The molecule has 18 heavy (non-hydrogen) atoms. The van der Waals surface area contributed by atoms with E-state index in [2.05, 4.69) is 15.5 Å². The van der Waals surface area contributed by atoms with Crippen molar-refractivity contribution in [3.8, 4) is 0 Å². The standard InChI is InChI=1S/C12H12N4O2/c1-7-8(13)3-2-4-9(7)14-12(18)10-5-6-11(17)16-15-10/h2-6H,13H2,1H3,(H,14,18)(H,16,17). The third-order valence-electron chi connectivity index (χ3n) is 2.54. The molecular formula is C12H12N4O2. The van der Waals surface area contributed by atoms with Gasteiger partial charge in [0.25, 0.3) is 11.5 Å². The van der Waals surface area contributed by atoms with E-state index in [-0.39, 0.29) is 11.3 Å². The minimum atomic E-state index is -0.403. The molecule has 0 unspecified atom stereocenters. The highest BCUT2D eigenvalue weighted by atomic mass is 16.2. The fourth-order valence-electron chi connectivity index (χ4n) is 1.45. The number of carbonyl (C=O) groups excluding carboxylic acids is 1. The van der Waals surface area contributed by atoms with E-state index in [0.29, 0.717) is 11.4 Å². The lowest BCUT2D eigenvalue weighted by molar-refractivity contribution is 0.102. The van der Waals surface area contributed by atoms with Crippen LogP contribution in [0.5, 0.6) is 0 Å². The van der Waals surface area contributed by atoms with Crippen LogP contribution in [-0.4, -0.2) is 16.1 Å². The predicted octanol–water partition coefficient (Wildman–Crippen LogP) is 0.913. The molecule has 0 atom stereocenters. The van der Waals surface area contributed by atoms with Gasteiger partial charge < -0.3 is 11.1 Å². The highest BCUT2D eigenvalue weighted by molar-refractivity contribution is 6.03. The van der Waals surface area contributed by atoms with E-state index in [9.17, 15) is 9.59 Å². The van der Waals surface area contributed by atoms with Crippen LogP contribution >= 0.6 is 0 Å². The van der Waals surface area contributed by atoms with Gasteiger partial charge in [-0.05, 0) is 30.7 Å². The maximum absolute atomic E-state index is 11.9. The lowest BCUT2D eigenvalue weighted by Crippen LogP contribution is -2.18. The zero-order valence-electron chi connectivity index (χ0n) is 9.73. The lowest BCUT2D eigenvalue weighted by Gasteiger charge is -2.09. The second-order valence-electron chi connectivity index (χ2n) is 3.78. The first-order valence-electron chi connectivity index (χ1n) is 5.30. The van der Waals surface area contributed by atoms with Gasteiger partial charge in [0.05, 0.1) is 0 Å². The van der Waals surface area contributed by atoms with E-state index in [1.165, 1.54) is 12.1 Å². The molecule has 6 heteroatoms. The summed E-state index contributed by atoms with van der Waals surface area (Å²) in [6.07, 6.45) is 0. The summed E-state index contributed by atoms with van der Waals surface area (Å²) >= 11 is 0. The molecule has 0 aliphatic rings. The molecule has 1 aromatic carbocycles. The van der Waals surface area contributed by atoms with E-state index in [1.807, 2.05) is 6.92 Å². The zero-order chi connectivity index (χ0) is 13.1. The molecule has 1 heterocycles. The molecule has 0 bridgehead atoms. The number of anilines is 2. The number of hydrogen-bond acceptors (Lipinski definition) is 4. The monoisotopic (exact) mass is 244 g/mol. The van der Waals surface area contributed by atoms with E-state index in [0.717, 1.165) is 5.56 Å². The fourth-order valence-corrected chi connectivity index (χ4v) is 1.45. The number of nitrogens with one attached hydrogen (secondary N) is 2. The minimum absolute atomic E-state index is 0.136. The van der Waals surface area contributed by atoms with Crippen LogP contribution in [0.15, 0.2) is 35.1 Å². The molecule has 2 rings (SSSR count). The van der Waals surface area contributed by atoms with Crippen LogP contribution < -0.4 is 16.6 Å². The Labute approximate surface area is 103 Å². The van der Waals surface area contributed by atoms with E-state index in [4.69, 9.17) is 5.73 Å². The number of carbonyl (C=O) groups is 1. The van der Waals surface area contributed by atoms with Crippen LogP contribution in [0.2, 0.25) is 0 Å². The van der Waals surface area contributed by atoms with Gasteiger partial charge in [-0.1, -0.05) is 6.07 Å². The van der Waals surface area contributed by atoms with Gasteiger partial charge in [-0.15, -0.1) is 0 Å². The first-order valence-corrected chi connectivity index (χ1v) is 5.30. The summed E-state index contributed by atoms with van der Waals surface area (Å²) in [6, 6.07) is 7.85. The van der Waals surface area contributed by atoms with Crippen molar-refractivity contribution < 1.29 is 4.79 Å². The smallest absolute Gasteiger partial charge is 0.276 e. The number of rotatable bonds is 2. The molecule has 0 spiro atoms. The third-order valence-corrected chi connectivity index (χ3v) is 2.54. The summed E-state index contributed by atoms with van der Waals surface area (Å²) in [4.78, 5) is 22.7. The highest BCUT2D eigenvalue weighted by Gasteiger charge is 2.09. The average molecular weight is 244 g/mol. The van der Waals surface area contributed by atoms with Gasteiger partial charge in [0.2, 0.25) is 0 Å². The van der Waals surface area contributed by atoms with E-state index < -0.39 is 5.91 Å². The number of benzene rings is 1. The summed E-state index contributed by atoms with van der Waals surface area (Å²) in [5.41, 5.74) is 7.53. The molecule has 0 aliphatic heterocycles. The highest BCUT2D eigenvalue weighted by Crippen LogP contribution is 2.20. The Kier molecular flexibility index (Phi) is 3.09. The Morgan fingerprint density at radius 3 is 2.78 bits per heavy atom. The molecule has 0 saturated carbocycles. The van der Waals surface area contributed by atoms with Crippen LogP contribution in [0.4, 0.5) is 11.4 Å². The zero-order valence-corrected chi connectivity index (χ0v) is 9.73. The Morgan fingerprint density at radius 2 is 2.11 bits per heavy atom. The van der Waals surface area contributed by atoms with E-state index in [1.54, 1.807) is 18.2 Å². The number of amides is 1. The molecule has 0 aliphatic carbocycles. The molecule has 0 saturated heterocycles. The second kappa shape index (κ2) is 4.70. The molecule has 2 aromatic rings. The quantitative estimate of drug-likeness (QED) is 0.683. The van der Waals surface area contributed by atoms with Crippen molar-refractivity contribution in [2.45, 2.75) is 6.92 Å².